The molecule has 1 aromatic heterocycles. The summed E-state index contributed by atoms with van der Waals surface area (Å²) in [5.41, 5.74) is 1.52. The Balaban J connectivity index is 2.42. The number of halogens is 1. The lowest BCUT2D eigenvalue weighted by Gasteiger charge is -2.03. The lowest BCUT2D eigenvalue weighted by molar-refractivity contribution is 0.101. The smallest absolute Gasteiger partial charge is 0.188 e. The fourth-order valence-electron chi connectivity index (χ4n) is 1.39. The van der Waals surface area contributed by atoms with Crippen molar-refractivity contribution in [1.29, 1.82) is 0 Å². The van der Waals surface area contributed by atoms with E-state index in [1.807, 2.05) is 17.5 Å². The molecule has 1 aromatic carbocycles. The van der Waals surface area contributed by atoms with Crippen molar-refractivity contribution in [2.24, 2.45) is 0 Å². The van der Waals surface area contributed by atoms with Crippen molar-refractivity contribution in [1.82, 2.24) is 4.98 Å². The fraction of sp³-hybridized carbons (Fsp3) is 0.167. The average Bonchev–Trinajstić information content (AvgIpc) is 2.78. The SMILES string of the molecule is COc1ccc(-c2csc(C(C)=O)n2)c(Cl)c1. The van der Waals surface area contributed by atoms with Crippen LogP contribution in [-0.2, 0) is 0 Å². The molecule has 0 aliphatic carbocycles. The molecule has 0 fully saturated rings. The number of Topliss-reactive ketones (excluding diaryl/α,β-unsaturated/α-hetero) is 1. The fourth-order valence-corrected chi connectivity index (χ4v) is 2.38. The molecule has 0 amide bonds. The van der Waals surface area contributed by atoms with Gasteiger partial charge in [0.25, 0.3) is 0 Å². The van der Waals surface area contributed by atoms with Crippen molar-refractivity contribution in [3.63, 3.8) is 0 Å². The van der Waals surface area contributed by atoms with E-state index in [1.54, 1.807) is 13.2 Å². The van der Waals surface area contributed by atoms with Gasteiger partial charge in [0.05, 0.1) is 17.8 Å². The Morgan fingerprint density at radius 2 is 2.24 bits per heavy atom. The third-order valence-electron chi connectivity index (χ3n) is 2.26. The molecule has 1 heterocycles. The maximum Gasteiger partial charge on any atom is 0.188 e. The summed E-state index contributed by atoms with van der Waals surface area (Å²) < 4.78 is 5.07. The Bertz CT molecular complexity index is 565. The van der Waals surface area contributed by atoms with E-state index in [0.29, 0.717) is 21.5 Å². The highest BCUT2D eigenvalue weighted by atomic mass is 35.5. The Morgan fingerprint density at radius 3 is 2.76 bits per heavy atom. The third kappa shape index (κ3) is 2.48. The number of benzene rings is 1. The predicted octanol–water partition coefficient (Wildman–Crippen LogP) is 3.67. The molecule has 2 aromatic rings. The quantitative estimate of drug-likeness (QED) is 0.797. The van der Waals surface area contributed by atoms with Crippen LogP contribution in [0.3, 0.4) is 0 Å². The van der Waals surface area contributed by atoms with E-state index in [4.69, 9.17) is 16.3 Å². The number of methoxy groups -OCH3 is 1. The van der Waals surface area contributed by atoms with E-state index in [-0.39, 0.29) is 5.78 Å². The van der Waals surface area contributed by atoms with Crippen LogP contribution in [0.15, 0.2) is 23.6 Å². The standard InChI is InChI=1S/C12H10ClNO2S/c1-7(15)12-14-11(6-17-12)9-4-3-8(16-2)5-10(9)13/h3-6H,1-2H3. The number of nitrogens with zero attached hydrogens (tertiary/aromatic N) is 1. The molecule has 5 heteroatoms. The van der Waals surface area contributed by atoms with E-state index >= 15 is 0 Å². The second-order valence-corrected chi connectivity index (χ2v) is 4.71. The van der Waals surface area contributed by atoms with Gasteiger partial charge in [-0.1, -0.05) is 11.6 Å². The predicted molar refractivity (Wildman–Crippen MR) is 69.1 cm³/mol. The molecular weight excluding hydrogens is 258 g/mol. The van der Waals surface area contributed by atoms with Gasteiger partial charge in [-0.15, -0.1) is 11.3 Å². The van der Waals surface area contributed by atoms with Gasteiger partial charge >= 0.3 is 0 Å². The van der Waals surface area contributed by atoms with Gasteiger partial charge in [0.2, 0.25) is 0 Å². The molecule has 88 valence electrons. The van der Waals surface area contributed by atoms with Gasteiger partial charge in [0.15, 0.2) is 10.8 Å². The van der Waals surface area contributed by atoms with Gasteiger partial charge in [0.1, 0.15) is 5.75 Å². The van der Waals surface area contributed by atoms with Crippen molar-refractivity contribution in [3.8, 4) is 17.0 Å². The van der Waals surface area contributed by atoms with Crippen molar-refractivity contribution >= 4 is 28.7 Å². The summed E-state index contributed by atoms with van der Waals surface area (Å²) in [5, 5.41) is 2.88. The first-order valence-electron chi connectivity index (χ1n) is 4.92. The highest BCUT2D eigenvalue weighted by molar-refractivity contribution is 7.12. The molecule has 0 saturated heterocycles. The lowest BCUT2D eigenvalue weighted by Crippen LogP contribution is -1.90. The second-order valence-electron chi connectivity index (χ2n) is 3.44. The minimum absolute atomic E-state index is 0.0362. The van der Waals surface area contributed by atoms with Crippen molar-refractivity contribution < 1.29 is 9.53 Å². The van der Waals surface area contributed by atoms with Crippen LogP contribution in [0.5, 0.6) is 5.75 Å². The summed E-state index contributed by atoms with van der Waals surface area (Å²) >= 11 is 7.45. The van der Waals surface area contributed by atoms with Crippen LogP contribution in [0.4, 0.5) is 0 Å². The molecule has 0 spiro atoms. The van der Waals surface area contributed by atoms with E-state index in [1.165, 1.54) is 18.3 Å². The minimum Gasteiger partial charge on any atom is -0.497 e. The average molecular weight is 268 g/mol. The van der Waals surface area contributed by atoms with Crippen LogP contribution in [-0.4, -0.2) is 17.9 Å². The summed E-state index contributed by atoms with van der Waals surface area (Å²) in [6.07, 6.45) is 0. The topological polar surface area (TPSA) is 39.2 Å². The Hall–Kier alpha value is -1.39. The number of rotatable bonds is 3. The van der Waals surface area contributed by atoms with E-state index in [0.717, 1.165) is 5.56 Å². The van der Waals surface area contributed by atoms with Crippen LogP contribution in [0.25, 0.3) is 11.3 Å². The van der Waals surface area contributed by atoms with E-state index in [9.17, 15) is 4.79 Å². The van der Waals surface area contributed by atoms with E-state index in [2.05, 4.69) is 4.98 Å². The molecular formula is C12H10ClNO2S. The zero-order chi connectivity index (χ0) is 12.4. The van der Waals surface area contributed by atoms with Crippen molar-refractivity contribution in [2.75, 3.05) is 7.11 Å². The monoisotopic (exact) mass is 267 g/mol. The number of hydrogen-bond donors (Lipinski definition) is 0. The number of carbonyl (C=O) groups excluding carboxylic acids is 1. The van der Waals surface area contributed by atoms with Crippen LogP contribution in [0.2, 0.25) is 5.02 Å². The van der Waals surface area contributed by atoms with Gasteiger partial charge in [-0.05, 0) is 18.2 Å². The third-order valence-corrected chi connectivity index (χ3v) is 3.51. The maximum absolute atomic E-state index is 11.2. The Morgan fingerprint density at radius 1 is 1.47 bits per heavy atom. The van der Waals surface area contributed by atoms with Crippen molar-refractivity contribution in [3.05, 3.63) is 33.6 Å². The highest BCUT2D eigenvalue weighted by Gasteiger charge is 2.11. The zero-order valence-corrected chi connectivity index (χ0v) is 10.9. The lowest BCUT2D eigenvalue weighted by atomic mass is 10.1. The van der Waals surface area contributed by atoms with Gasteiger partial charge in [-0.3, -0.25) is 4.79 Å². The molecule has 0 saturated carbocycles. The number of thiazole rings is 1. The molecule has 0 aliphatic heterocycles. The number of ketones is 1. The molecule has 0 aliphatic rings. The molecule has 0 bridgehead atoms. The largest absolute Gasteiger partial charge is 0.497 e. The number of hydrogen-bond acceptors (Lipinski definition) is 4. The van der Waals surface area contributed by atoms with Crippen LogP contribution >= 0.6 is 22.9 Å². The van der Waals surface area contributed by atoms with Crippen LogP contribution in [0, 0.1) is 0 Å². The van der Waals surface area contributed by atoms with Gasteiger partial charge in [0, 0.05) is 17.9 Å². The second kappa shape index (κ2) is 4.85. The molecule has 3 nitrogen and oxygen atoms in total. The normalized spacial score (nSPS) is 10.3. The molecule has 0 unspecified atom stereocenters. The first kappa shape index (κ1) is 12.1. The molecule has 2 rings (SSSR count). The summed E-state index contributed by atoms with van der Waals surface area (Å²) in [5.74, 6) is 0.659. The first-order valence-corrected chi connectivity index (χ1v) is 6.18. The van der Waals surface area contributed by atoms with Crippen LogP contribution in [0.1, 0.15) is 16.7 Å². The summed E-state index contributed by atoms with van der Waals surface area (Å²) in [4.78, 5) is 15.4. The molecule has 0 radical (unpaired) electrons. The Labute approximate surface area is 108 Å². The summed E-state index contributed by atoms with van der Waals surface area (Å²) in [6, 6.07) is 5.37. The van der Waals surface area contributed by atoms with E-state index < -0.39 is 0 Å². The molecule has 17 heavy (non-hydrogen) atoms. The number of ether oxygens (including phenoxy) is 1. The van der Waals surface area contributed by atoms with Gasteiger partial charge < -0.3 is 4.74 Å². The summed E-state index contributed by atoms with van der Waals surface area (Å²) in [7, 11) is 1.59. The maximum atomic E-state index is 11.2. The van der Waals surface area contributed by atoms with Gasteiger partial charge in [-0.25, -0.2) is 4.98 Å². The zero-order valence-electron chi connectivity index (χ0n) is 9.36. The summed E-state index contributed by atoms with van der Waals surface area (Å²) in [6.45, 7) is 1.50. The first-order chi connectivity index (χ1) is 8.11. The molecule has 0 N–H and O–H groups in total. The molecule has 0 atom stereocenters. The number of aromatic nitrogens is 1. The van der Waals surface area contributed by atoms with Crippen LogP contribution < -0.4 is 4.74 Å². The Kier molecular flexibility index (Phi) is 3.45. The van der Waals surface area contributed by atoms with Crippen molar-refractivity contribution in [2.45, 2.75) is 6.92 Å². The van der Waals surface area contributed by atoms with Gasteiger partial charge in [-0.2, -0.15) is 0 Å². The highest BCUT2D eigenvalue weighted by Crippen LogP contribution is 2.31. The minimum atomic E-state index is -0.0362. The number of carbonyl (C=O) groups is 1.